The standard InChI is InChI=1S/C27H36N4O4S/c1-20(18-28)25(32)29-23(13-12-21-8-4-3-5-9-21)26(33)30-16-14-27(15-17-30)19-31(36(2,34)35)24-11-7-6-10-22(24)27/h3-11,20,23H,12-19,28H2,1-2H3,(H,29,32)/t20?,23-/m1/s1. The lowest BCUT2D eigenvalue weighted by molar-refractivity contribution is -0.138. The van der Waals surface area contributed by atoms with Crippen molar-refractivity contribution in [3.8, 4) is 0 Å². The zero-order chi connectivity index (χ0) is 25.9. The van der Waals surface area contributed by atoms with Crippen LogP contribution in [0.1, 0.15) is 37.3 Å². The first-order chi connectivity index (χ1) is 17.1. The Balaban J connectivity index is 1.48. The molecule has 0 bridgehead atoms. The van der Waals surface area contributed by atoms with Crippen LogP contribution in [0.5, 0.6) is 0 Å². The first-order valence-corrected chi connectivity index (χ1v) is 14.4. The smallest absolute Gasteiger partial charge is 0.245 e. The average molecular weight is 513 g/mol. The topological polar surface area (TPSA) is 113 Å². The molecule has 0 aliphatic carbocycles. The van der Waals surface area contributed by atoms with Gasteiger partial charge >= 0.3 is 0 Å². The van der Waals surface area contributed by atoms with Gasteiger partial charge in [0.1, 0.15) is 6.04 Å². The summed E-state index contributed by atoms with van der Waals surface area (Å²) in [6.07, 6.45) is 3.74. The van der Waals surface area contributed by atoms with Crippen molar-refractivity contribution in [2.45, 2.75) is 44.1 Å². The SMILES string of the molecule is CC(CN)C(=O)N[C@H](CCc1ccccc1)C(=O)N1CCC2(CC1)CN(S(C)(=O)=O)c1ccccc12. The van der Waals surface area contributed by atoms with E-state index in [1.54, 1.807) is 6.92 Å². The van der Waals surface area contributed by atoms with Gasteiger partial charge in [-0.05, 0) is 42.9 Å². The van der Waals surface area contributed by atoms with Gasteiger partial charge in [0.05, 0.1) is 11.9 Å². The van der Waals surface area contributed by atoms with E-state index in [9.17, 15) is 18.0 Å². The molecule has 194 valence electrons. The van der Waals surface area contributed by atoms with Crippen LogP contribution in [-0.2, 0) is 31.4 Å². The maximum absolute atomic E-state index is 13.6. The molecule has 1 spiro atoms. The Hall–Kier alpha value is -2.91. The predicted octanol–water partition coefficient (Wildman–Crippen LogP) is 2.04. The average Bonchev–Trinajstić information content (AvgIpc) is 3.21. The third-order valence-electron chi connectivity index (χ3n) is 7.60. The fraction of sp³-hybridized carbons (Fsp3) is 0.481. The molecular formula is C27H36N4O4S. The Morgan fingerprint density at radius 2 is 1.69 bits per heavy atom. The minimum Gasteiger partial charge on any atom is -0.344 e. The third kappa shape index (κ3) is 5.42. The molecule has 2 aromatic carbocycles. The molecule has 2 heterocycles. The van der Waals surface area contributed by atoms with Crippen molar-refractivity contribution < 1.29 is 18.0 Å². The summed E-state index contributed by atoms with van der Waals surface area (Å²) in [5, 5.41) is 2.94. The number of carbonyl (C=O) groups excluding carboxylic acids is 2. The summed E-state index contributed by atoms with van der Waals surface area (Å²) in [5.41, 5.74) is 8.25. The number of piperidine rings is 1. The van der Waals surface area contributed by atoms with E-state index in [4.69, 9.17) is 5.73 Å². The summed E-state index contributed by atoms with van der Waals surface area (Å²) in [6, 6.07) is 16.9. The van der Waals surface area contributed by atoms with Gasteiger partial charge in [-0.15, -0.1) is 0 Å². The second-order valence-corrected chi connectivity index (χ2v) is 12.0. The van der Waals surface area contributed by atoms with Crippen molar-refractivity contribution in [1.29, 1.82) is 0 Å². The highest BCUT2D eigenvalue weighted by molar-refractivity contribution is 7.92. The van der Waals surface area contributed by atoms with Crippen molar-refractivity contribution in [3.63, 3.8) is 0 Å². The van der Waals surface area contributed by atoms with Crippen LogP contribution in [-0.4, -0.2) is 63.6 Å². The first-order valence-electron chi connectivity index (χ1n) is 12.5. The van der Waals surface area contributed by atoms with Gasteiger partial charge in [0, 0.05) is 37.5 Å². The van der Waals surface area contributed by atoms with E-state index in [2.05, 4.69) is 5.32 Å². The first kappa shape index (κ1) is 26.2. The minimum atomic E-state index is -3.40. The molecule has 0 saturated carbocycles. The summed E-state index contributed by atoms with van der Waals surface area (Å²) < 4.78 is 26.4. The highest BCUT2D eigenvalue weighted by Crippen LogP contribution is 2.47. The van der Waals surface area contributed by atoms with E-state index < -0.39 is 16.1 Å². The molecule has 2 aliphatic heterocycles. The number of nitrogens with two attached hydrogens (primary N) is 1. The fourth-order valence-corrected chi connectivity index (χ4v) is 6.32. The van der Waals surface area contributed by atoms with Crippen molar-refractivity contribution in [3.05, 3.63) is 65.7 Å². The van der Waals surface area contributed by atoms with E-state index >= 15 is 0 Å². The molecule has 2 atom stereocenters. The van der Waals surface area contributed by atoms with Crippen LogP contribution >= 0.6 is 0 Å². The zero-order valence-electron chi connectivity index (χ0n) is 21.0. The van der Waals surface area contributed by atoms with E-state index in [0.29, 0.717) is 45.3 Å². The van der Waals surface area contributed by atoms with Gasteiger partial charge in [-0.1, -0.05) is 55.5 Å². The van der Waals surface area contributed by atoms with Gasteiger partial charge in [-0.25, -0.2) is 8.42 Å². The number of nitrogens with zero attached hydrogens (tertiary/aromatic N) is 2. The summed E-state index contributed by atoms with van der Waals surface area (Å²) >= 11 is 0. The van der Waals surface area contributed by atoms with E-state index in [0.717, 1.165) is 16.8 Å². The van der Waals surface area contributed by atoms with Crippen LogP contribution in [0, 0.1) is 5.92 Å². The molecular weight excluding hydrogens is 476 g/mol. The van der Waals surface area contributed by atoms with Crippen molar-refractivity contribution >= 4 is 27.5 Å². The number of sulfonamides is 1. The molecule has 1 unspecified atom stereocenters. The summed E-state index contributed by atoms with van der Waals surface area (Å²) in [7, 11) is -3.40. The molecule has 36 heavy (non-hydrogen) atoms. The van der Waals surface area contributed by atoms with Crippen molar-refractivity contribution in [2.24, 2.45) is 11.7 Å². The Morgan fingerprint density at radius 1 is 1.06 bits per heavy atom. The van der Waals surface area contributed by atoms with Gasteiger partial charge in [0.15, 0.2) is 0 Å². The van der Waals surface area contributed by atoms with E-state index in [1.165, 1.54) is 10.6 Å². The molecule has 1 saturated heterocycles. The third-order valence-corrected chi connectivity index (χ3v) is 8.73. The van der Waals surface area contributed by atoms with Gasteiger partial charge in [0.2, 0.25) is 21.8 Å². The molecule has 8 nitrogen and oxygen atoms in total. The molecule has 4 rings (SSSR count). The largest absolute Gasteiger partial charge is 0.344 e. The molecule has 0 radical (unpaired) electrons. The van der Waals surface area contributed by atoms with Crippen LogP contribution in [0.4, 0.5) is 5.69 Å². The molecule has 2 aliphatic rings. The Kier molecular flexibility index (Phi) is 7.70. The summed E-state index contributed by atoms with van der Waals surface area (Å²) in [5.74, 6) is -0.686. The summed E-state index contributed by atoms with van der Waals surface area (Å²) in [4.78, 5) is 28.1. The van der Waals surface area contributed by atoms with E-state index in [-0.39, 0.29) is 29.7 Å². The number of fused-ring (bicyclic) bond motifs is 2. The highest BCUT2D eigenvalue weighted by Gasteiger charge is 2.47. The number of rotatable bonds is 8. The normalized spacial score (nSPS) is 18.5. The Morgan fingerprint density at radius 3 is 2.33 bits per heavy atom. The zero-order valence-corrected chi connectivity index (χ0v) is 21.8. The molecule has 2 amide bonds. The highest BCUT2D eigenvalue weighted by atomic mass is 32.2. The molecule has 9 heteroatoms. The molecule has 3 N–H and O–H groups in total. The van der Waals surface area contributed by atoms with E-state index in [1.807, 2.05) is 59.5 Å². The van der Waals surface area contributed by atoms with Crippen molar-refractivity contribution in [2.75, 3.05) is 36.7 Å². The lowest BCUT2D eigenvalue weighted by Crippen LogP contribution is -2.54. The van der Waals surface area contributed by atoms with Gasteiger partial charge < -0.3 is 16.0 Å². The maximum Gasteiger partial charge on any atom is 0.245 e. The second-order valence-electron chi connectivity index (χ2n) is 10.1. The Bertz CT molecular complexity index is 1190. The van der Waals surface area contributed by atoms with Gasteiger partial charge in [0.25, 0.3) is 0 Å². The number of amides is 2. The van der Waals surface area contributed by atoms with Gasteiger partial charge in [-0.3, -0.25) is 13.9 Å². The van der Waals surface area contributed by atoms with Crippen LogP contribution in [0.2, 0.25) is 0 Å². The van der Waals surface area contributed by atoms with Crippen LogP contribution in [0.25, 0.3) is 0 Å². The van der Waals surface area contributed by atoms with Crippen LogP contribution in [0.15, 0.2) is 54.6 Å². The maximum atomic E-state index is 13.6. The summed E-state index contributed by atoms with van der Waals surface area (Å²) in [6.45, 7) is 3.39. The number of para-hydroxylation sites is 1. The monoisotopic (exact) mass is 512 g/mol. The molecule has 0 aromatic heterocycles. The van der Waals surface area contributed by atoms with Crippen LogP contribution < -0.4 is 15.4 Å². The number of anilines is 1. The fourth-order valence-electron chi connectivity index (χ4n) is 5.32. The van der Waals surface area contributed by atoms with Gasteiger partial charge in [-0.2, -0.15) is 0 Å². The molecule has 2 aromatic rings. The van der Waals surface area contributed by atoms with Crippen LogP contribution in [0.3, 0.4) is 0 Å². The number of nitrogens with one attached hydrogen (secondary N) is 1. The molecule has 1 fully saturated rings. The number of aryl methyl sites for hydroxylation is 1. The lowest BCUT2D eigenvalue weighted by Gasteiger charge is -2.41. The minimum absolute atomic E-state index is 0.0930. The number of hydrogen-bond acceptors (Lipinski definition) is 5. The quantitative estimate of drug-likeness (QED) is 0.562. The predicted molar refractivity (Wildman–Crippen MR) is 141 cm³/mol. The Labute approximate surface area is 213 Å². The second kappa shape index (κ2) is 10.6. The number of benzene rings is 2. The number of hydrogen-bond donors (Lipinski definition) is 2. The lowest BCUT2D eigenvalue weighted by atomic mass is 9.74. The number of likely N-dealkylation sites (tertiary alicyclic amines) is 1. The van der Waals surface area contributed by atoms with Crippen molar-refractivity contribution in [1.82, 2.24) is 10.2 Å². The number of carbonyl (C=O) groups is 2.